The summed E-state index contributed by atoms with van der Waals surface area (Å²) < 4.78 is 6.50. The number of likely N-dealkylation sites (tertiary alicyclic amines) is 1. The zero-order valence-corrected chi connectivity index (χ0v) is 22.6. The Kier molecular flexibility index (Phi) is 7.13. The van der Waals surface area contributed by atoms with Crippen LogP contribution in [0.1, 0.15) is 39.1 Å². The molecule has 9 nitrogen and oxygen atoms in total. The highest BCUT2D eigenvalue weighted by Crippen LogP contribution is 2.38. The van der Waals surface area contributed by atoms with E-state index in [0.29, 0.717) is 60.6 Å². The van der Waals surface area contributed by atoms with E-state index in [1.165, 1.54) is 7.11 Å². The largest absolute Gasteiger partial charge is 0.465 e. The molecule has 2 aliphatic rings. The number of hydrogen-bond donors (Lipinski definition) is 3. The van der Waals surface area contributed by atoms with Crippen molar-refractivity contribution in [3.05, 3.63) is 95.7 Å². The van der Waals surface area contributed by atoms with Gasteiger partial charge in [0.2, 0.25) is 5.91 Å². The molecule has 9 heteroatoms. The molecule has 3 aromatic carbocycles. The molecule has 3 N–H and O–H groups in total. The molecular weight excluding hydrogens is 520 g/mol. The van der Waals surface area contributed by atoms with Crippen LogP contribution in [0.2, 0.25) is 0 Å². The lowest BCUT2D eigenvalue weighted by Gasteiger charge is -2.28. The number of ether oxygens (including phenoxy) is 1. The number of aliphatic hydroxyl groups is 1. The van der Waals surface area contributed by atoms with Crippen LogP contribution in [0, 0.1) is 0 Å². The van der Waals surface area contributed by atoms with Gasteiger partial charge in [0, 0.05) is 35.9 Å². The number of piperidine rings is 1. The van der Waals surface area contributed by atoms with Crippen LogP contribution in [0.3, 0.4) is 0 Å². The predicted molar refractivity (Wildman–Crippen MR) is 158 cm³/mol. The van der Waals surface area contributed by atoms with Gasteiger partial charge in [-0.2, -0.15) is 0 Å². The van der Waals surface area contributed by atoms with E-state index in [2.05, 4.69) is 15.5 Å². The Balaban J connectivity index is 1.33. The minimum atomic E-state index is -0.477. The summed E-state index contributed by atoms with van der Waals surface area (Å²) in [5.74, 6) is -0.777. The van der Waals surface area contributed by atoms with Crippen molar-refractivity contribution in [3.63, 3.8) is 0 Å². The number of nitrogens with zero attached hydrogens (tertiary/aromatic N) is 2. The molecule has 1 amide bonds. The maximum absolute atomic E-state index is 13.3. The Bertz CT molecular complexity index is 1680. The molecule has 2 aliphatic heterocycles. The normalized spacial score (nSPS) is 16.8. The average molecular weight is 551 g/mol. The lowest BCUT2D eigenvalue weighted by molar-refractivity contribution is -0.110. The predicted octanol–water partition coefficient (Wildman–Crippen LogP) is 4.46. The zero-order chi connectivity index (χ0) is 28.5. The van der Waals surface area contributed by atoms with E-state index >= 15 is 0 Å². The highest BCUT2D eigenvalue weighted by atomic mass is 16.5. The number of benzene rings is 3. The lowest BCUT2D eigenvalue weighted by Crippen LogP contribution is -2.40. The SMILES string of the molecule is COC(=O)c1ccc2c(c1)NC(=O)/C2=C(\Nc1ccc2c(ccn2C(=O)CN2CCC(O)CC2)c1)c1ccccc1. The third kappa shape index (κ3) is 5.25. The second kappa shape index (κ2) is 11.0. The first kappa shape index (κ1) is 26.5. The van der Waals surface area contributed by atoms with E-state index in [0.717, 1.165) is 22.2 Å². The molecule has 1 aromatic heterocycles. The molecular formula is C32H30N4O5. The molecule has 0 aliphatic carbocycles. The van der Waals surface area contributed by atoms with Gasteiger partial charge in [0.1, 0.15) is 0 Å². The molecule has 3 heterocycles. The molecule has 0 atom stereocenters. The van der Waals surface area contributed by atoms with Gasteiger partial charge in [0.25, 0.3) is 5.91 Å². The summed E-state index contributed by atoms with van der Waals surface area (Å²) in [6, 6.07) is 22.2. The van der Waals surface area contributed by atoms with Crippen molar-refractivity contribution >= 4 is 51.3 Å². The number of fused-ring (bicyclic) bond motifs is 2. The smallest absolute Gasteiger partial charge is 0.337 e. The molecule has 1 fully saturated rings. The molecule has 208 valence electrons. The monoisotopic (exact) mass is 550 g/mol. The second-order valence-electron chi connectivity index (χ2n) is 10.3. The van der Waals surface area contributed by atoms with Crippen LogP contribution in [0.4, 0.5) is 11.4 Å². The summed E-state index contributed by atoms with van der Waals surface area (Å²) >= 11 is 0. The quantitative estimate of drug-likeness (QED) is 0.240. The molecule has 4 aromatic rings. The van der Waals surface area contributed by atoms with Crippen molar-refractivity contribution in [2.75, 3.05) is 37.4 Å². The Morgan fingerprint density at radius 3 is 2.54 bits per heavy atom. The minimum Gasteiger partial charge on any atom is -0.465 e. The summed E-state index contributed by atoms with van der Waals surface area (Å²) in [5.41, 5.74) is 5.02. The van der Waals surface area contributed by atoms with Gasteiger partial charge in [-0.15, -0.1) is 0 Å². The van der Waals surface area contributed by atoms with E-state index in [1.807, 2.05) is 54.6 Å². The second-order valence-corrected chi connectivity index (χ2v) is 10.3. The Morgan fingerprint density at radius 1 is 1.00 bits per heavy atom. The first-order chi connectivity index (χ1) is 19.9. The maximum Gasteiger partial charge on any atom is 0.337 e. The van der Waals surface area contributed by atoms with Gasteiger partial charge in [-0.3, -0.25) is 19.1 Å². The topological polar surface area (TPSA) is 113 Å². The molecule has 0 bridgehead atoms. The number of methoxy groups -OCH3 is 1. The Labute approximate surface area is 237 Å². The highest BCUT2D eigenvalue weighted by Gasteiger charge is 2.29. The van der Waals surface area contributed by atoms with Gasteiger partial charge in [-0.05, 0) is 54.8 Å². The fourth-order valence-electron chi connectivity index (χ4n) is 5.48. The lowest BCUT2D eigenvalue weighted by atomic mass is 9.99. The van der Waals surface area contributed by atoms with Crippen LogP contribution in [0.15, 0.2) is 79.0 Å². The van der Waals surface area contributed by atoms with Crippen LogP contribution < -0.4 is 10.6 Å². The number of carbonyl (C=O) groups excluding carboxylic acids is 3. The fourth-order valence-corrected chi connectivity index (χ4v) is 5.48. The van der Waals surface area contributed by atoms with Gasteiger partial charge < -0.3 is 20.5 Å². The number of aromatic nitrogens is 1. The third-order valence-corrected chi connectivity index (χ3v) is 7.64. The Morgan fingerprint density at radius 2 is 1.78 bits per heavy atom. The summed E-state index contributed by atoms with van der Waals surface area (Å²) in [6.45, 7) is 1.71. The van der Waals surface area contributed by atoms with Gasteiger partial charge >= 0.3 is 5.97 Å². The summed E-state index contributed by atoms with van der Waals surface area (Å²) in [5, 5.41) is 17.0. The van der Waals surface area contributed by atoms with E-state index in [1.54, 1.807) is 29.0 Å². The number of anilines is 2. The van der Waals surface area contributed by atoms with E-state index < -0.39 is 5.97 Å². The van der Waals surface area contributed by atoms with E-state index in [4.69, 9.17) is 4.74 Å². The Hall–Kier alpha value is -4.73. The van der Waals surface area contributed by atoms with Crippen LogP contribution in [-0.4, -0.2) is 65.2 Å². The van der Waals surface area contributed by atoms with Crippen LogP contribution in [0.25, 0.3) is 22.2 Å². The molecule has 41 heavy (non-hydrogen) atoms. The highest BCUT2D eigenvalue weighted by molar-refractivity contribution is 6.37. The fraction of sp³-hybridized carbons (Fsp3) is 0.219. The van der Waals surface area contributed by atoms with Gasteiger partial charge in [-0.1, -0.05) is 36.4 Å². The molecule has 6 rings (SSSR count). The van der Waals surface area contributed by atoms with Crippen molar-refractivity contribution < 1.29 is 24.2 Å². The number of aliphatic hydroxyl groups excluding tert-OH is 1. The number of carbonyl (C=O) groups is 3. The molecule has 0 saturated carbocycles. The van der Waals surface area contributed by atoms with Crippen LogP contribution in [-0.2, 0) is 9.53 Å². The molecule has 0 radical (unpaired) electrons. The number of hydrogen-bond acceptors (Lipinski definition) is 7. The van der Waals surface area contributed by atoms with E-state index in [9.17, 15) is 19.5 Å². The van der Waals surface area contributed by atoms with Gasteiger partial charge in [-0.25, -0.2) is 4.79 Å². The van der Waals surface area contributed by atoms with Crippen molar-refractivity contribution in [1.29, 1.82) is 0 Å². The zero-order valence-electron chi connectivity index (χ0n) is 22.6. The van der Waals surface area contributed by atoms with E-state index in [-0.39, 0.29) is 17.9 Å². The number of esters is 1. The molecule has 1 saturated heterocycles. The van der Waals surface area contributed by atoms with Crippen LogP contribution >= 0.6 is 0 Å². The number of nitrogens with one attached hydrogen (secondary N) is 2. The van der Waals surface area contributed by atoms with Gasteiger partial charge in [0.05, 0.1) is 47.8 Å². The van der Waals surface area contributed by atoms with Crippen molar-refractivity contribution in [3.8, 4) is 0 Å². The molecule has 0 spiro atoms. The maximum atomic E-state index is 13.3. The molecule has 0 unspecified atom stereocenters. The number of amides is 1. The van der Waals surface area contributed by atoms with Crippen molar-refractivity contribution in [1.82, 2.24) is 9.47 Å². The summed E-state index contributed by atoms with van der Waals surface area (Å²) in [6.07, 6.45) is 2.87. The first-order valence-electron chi connectivity index (χ1n) is 13.6. The summed E-state index contributed by atoms with van der Waals surface area (Å²) in [4.78, 5) is 40.5. The van der Waals surface area contributed by atoms with Crippen molar-refractivity contribution in [2.45, 2.75) is 18.9 Å². The first-order valence-corrected chi connectivity index (χ1v) is 13.6. The van der Waals surface area contributed by atoms with Gasteiger partial charge in [0.15, 0.2) is 0 Å². The van der Waals surface area contributed by atoms with Crippen molar-refractivity contribution in [2.24, 2.45) is 0 Å². The van der Waals surface area contributed by atoms with Crippen LogP contribution in [0.5, 0.6) is 0 Å². The third-order valence-electron chi connectivity index (χ3n) is 7.64. The summed E-state index contributed by atoms with van der Waals surface area (Å²) in [7, 11) is 1.32. The average Bonchev–Trinajstić information content (AvgIpc) is 3.56. The standard InChI is InChI=1S/C32H30N4O5/c1-41-32(40)22-7-9-25-26(18-22)34-31(39)29(25)30(20-5-3-2-4-6-20)33-23-8-10-27-21(17-23)11-16-36(27)28(38)19-35-14-12-24(37)13-15-35/h2-11,16-18,24,33,37H,12-15,19H2,1H3,(H,34,39)/b30-29-. The number of rotatable bonds is 6. The minimum absolute atomic E-state index is 0.0188.